The molecule has 118 valence electrons. The summed E-state index contributed by atoms with van der Waals surface area (Å²) in [5, 5.41) is 12.3. The predicted molar refractivity (Wildman–Crippen MR) is 98.8 cm³/mol. The van der Waals surface area contributed by atoms with Gasteiger partial charge in [0.2, 0.25) is 0 Å². The summed E-state index contributed by atoms with van der Waals surface area (Å²) in [5.41, 5.74) is 1.98. The lowest BCUT2D eigenvalue weighted by Crippen LogP contribution is -2.36. The molecule has 0 amide bonds. The Morgan fingerprint density at radius 2 is 2.00 bits per heavy atom. The third-order valence-electron chi connectivity index (χ3n) is 3.19. The lowest BCUT2D eigenvalue weighted by Gasteiger charge is -2.11. The second kappa shape index (κ2) is 8.76. The molecule has 1 heterocycles. The molecule has 0 radical (unpaired) electrons. The van der Waals surface area contributed by atoms with Crippen molar-refractivity contribution in [1.29, 1.82) is 0 Å². The van der Waals surface area contributed by atoms with Crippen LogP contribution >= 0.6 is 23.8 Å². The molecule has 2 aromatic rings. The van der Waals surface area contributed by atoms with Gasteiger partial charge in [0.15, 0.2) is 5.11 Å². The molecule has 0 unspecified atom stereocenters. The Hall–Kier alpha value is -1.59. The molecule has 2 rings (SSSR count). The van der Waals surface area contributed by atoms with E-state index in [1.165, 1.54) is 0 Å². The predicted octanol–water partition coefficient (Wildman–Crippen LogP) is 3.56. The molecule has 1 aromatic carbocycles. The molecule has 0 aliphatic heterocycles. The smallest absolute Gasteiger partial charge is 0.166 e. The Labute approximate surface area is 141 Å². The molecule has 0 aliphatic rings. The number of aromatic nitrogens is 1. The zero-order valence-corrected chi connectivity index (χ0v) is 14.2. The van der Waals surface area contributed by atoms with E-state index in [1.807, 2.05) is 24.3 Å². The monoisotopic (exact) mass is 336 g/mol. The highest BCUT2D eigenvalue weighted by Gasteiger charge is 2.02. The largest absolute Gasteiger partial charge is 0.384 e. The zero-order chi connectivity index (χ0) is 15.8. The number of thiocarbonyl (C=S) groups is 1. The van der Waals surface area contributed by atoms with E-state index in [2.05, 4.69) is 27.9 Å². The van der Waals surface area contributed by atoms with E-state index in [9.17, 15) is 0 Å². The molecular weight excluding hydrogens is 316 g/mol. The molecule has 1 aromatic heterocycles. The maximum atomic E-state index is 6.00. The minimum atomic E-state index is 0.703. The van der Waals surface area contributed by atoms with Gasteiger partial charge in [0.1, 0.15) is 0 Å². The second-order valence-corrected chi connectivity index (χ2v) is 5.83. The van der Waals surface area contributed by atoms with Crippen LogP contribution in [-0.4, -0.2) is 29.7 Å². The molecule has 0 saturated heterocycles. The van der Waals surface area contributed by atoms with Crippen LogP contribution in [-0.2, 0) is 0 Å². The summed E-state index contributed by atoms with van der Waals surface area (Å²) in [6, 6.07) is 7.74. The quantitative estimate of drug-likeness (QED) is 0.533. The maximum absolute atomic E-state index is 6.00. The molecule has 0 bridgehead atoms. The fourth-order valence-corrected chi connectivity index (χ4v) is 2.46. The third-order valence-corrected chi connectivity index (χ3v) is 3.72. The molecule has 6 heteroatoms. The molecule has 0 spiro atoms. The van der Waals surface area contributed by atoms with Crippen molar-refractivity contribution in [2.75, 3.05) is 25.0 Å². The second-order valence-electron chi connectivity index (χ2n) is 4.98. The van der Waals surface area contributed by atoms with Crippen molar-refractivity contribution >= 4 is 45.5 Å². The topological polar surface area (TPSA) is 49.0 Å². The van der Waals surface area contributed by atoms with Crippen LogP contribution in [0.2, 0.25) is 5.02 Å². The molecular formula is C16H21ClN4S. The van der Waals surface area contributed by atoms with Crippen molar-refractivity contribution in [2.24, 2.45) is 0 Å². The van der Waals surface area contributed by atoms with Crippen LogP contribution in [0.5, 0.6) is 0 Å². The van der Waals surface area contributed by atoms with E-state index in [1.54, 1.807) is 6.20 Å². The fourth-order valence-electron chi connectivity index (χ4n) is 2.09. The van der Waals surface area contributed by atoms with Crippen LogP contribution in [0.1, 0.15) is 19.8 Å². The molecule has 0 atom stereocenters. The van der Waals surface area contributed by atoms with E-state index >= 15 is 0 Å². The van der Waals surface area contributed by atoms with Crippen LogP contribution in [0, 0.1) is 0 Å². The van der Waals surface area contributed by atoms with Gasteiger partial charge in [-0.25, -0.2) is 0 Å². The first-order valence-electron chi connectivity index (χ1n) is 7.50. The highest BCUT2D eigenvalue weighted by Crippen LogP contribution is 2.24. The van der Waals surface area contributed by atoms with Gasteiger partial charge in [-0.1, -0.05) is 18.5 Å². The Morgan fingerprint density at radius 3 is 2.82 bits per heavy atom. The van der Waals surface area contributed by atoms with Crippen molar-refractivity contribution in [3.05, 3.63) is 35.5 Å². The number of hydrogen-bond acceptors (Lipinski definition) is 3. The highest BCUT2D eigenvalue weighted by atomic mass is 35.5. The summed E-state index contributed by atoms with van der Waals surface area (Å²) < 4.78 is 0. The molecule has 4 nitrogen and oxygen atoms in total. The van der Waals surface area contributed by atoms with Gasteiger partial charge in [-0.3, -0.25) is 4.98 Å². The van der Waals surface area contributed by atoms with Gasteiger partial charge in [-0.05, 0) is 49.3 Å². The maximum Gasteiger partial charge on any atom is 0.166 e. The molecule has 0 fully saturated rings. The Balaban J connectivity index is 1.79. The minimum Gasteiger partial charge on any atom is -0.384 e. The van der Waals surface area contributed by atoms with E-state index in [0.29, 0.717) is 5.02 Å². The Bertz CT molecular complexity index is 633. The number of fused-ring (bicyclic) bond motifs is 1. The Kier molecular flexibility index (Phi) is 6.68. The van der Waals surface area contributed by atoms with Gasteiger partial charge in [-0.2, -0.15) is 0 Å². The summed E-state index contributed by atoms with van der Waals surface area (Å²) >= 11 is 11.2. The number of nitrogens with zero attached hydrogens (tertiary/aromatic N) is 1. The van der Waals surface area contributed by atoms with Gasteiger partial charge in [-0.15, -0.1) is 0 Å². The fraction of sp³-hybridized carbons (Fsp3) is 0.375. The van der Waals surface area contributed by atoms with Crippen molar-refractivity contribution < 1.29 is 0 Å². The summed E-state index contributed by atoms with van der Waals surface area (Å²) in [7, 11) is 0. The van der Waals surface area contributed by atoms with Gasteiger partial charge in [0.25, 0.3) is 0 Å². The average molecular weight is 337 g/mol. The van der Waals surface area contributed by atoms with Gasteiger partial charge < -0.3 is 16.0 Å². The van der Waals surface area contributed by atoms with E-state index in [4.69, 9.17) is 23.8 Å². The van der Waals surface area contributed by atoms with Gasteiger partial charge in [0.05, 0.1) is 5.52 Å². The number of hydrogen-bond donors (Lipinski definition) is 3. The number of rotatable bonds is 7. The standard InChI is InChI=1S/C16H21ClN4S/c1-2-7-20-16(22)21-9-3-8-18-14-6-10-19-15-11-12(17)4-5-13(14)15/h4-6,10-11H,2-3,7-9H2,1H3,(H,18,19)(H2,20,21,22). The van der Waals surface area contributed by atoms with Crippen LogP contribution in [0.3, 0.4) is 0 Å². The van der Waals surface area contributed by atoms with Crippen molar-refractivity contribution in [3.8, 4) is 0 Å². The van der Waals surface area contributed by atoms with Crippen molar-refractivity contribution in [2.45, 2.75) is 19.8 Å². The van der Waals surface area contributed by atoms with Gasteiger partial charge in [0, 0.05) is 41.9 Å². The highest BCUT2D eigenvalue weighted by molar-refractivity contribution is 7.80. The summed E-state index contributed by atoms with van der Waals surface area (Å²) in [6.07, 6.45) is 3.84. The van der Waals surface area contributed by atoms with Crippen LogP contribution in [0.15, 0.2) is 30.5 Å². The zero-order valence-electron chi connectivity index (χ0n) is 12.7. The minimum absolute atomic E-state index is 0.703. The molecule has 0 saturated carbocycles. The van der Waals surface area contributed by atoms with Crippen molar-refractivity contribution in [1.82, 2.24) is 15.6 Å². The van der Waals surface area contributed by atoms with E-state index in [0.717, 1.165) is 54.2 Å². The molecule has 3 N–H and O–H groups in total. The lowest BCUT2D eigenvalue weighted by atomic mass is 10.2. The number of nitrogens with one attached hydrogen (secondary N) is 3. The summed E-state index contributed by atoms with van der Waals surface area (Å²) in [5.74, 6) is 0. The van der Waals surface area contributed by atoms with Crippen LogP contribution in [0.25, 0.3) is 10.9 Å². The van der Waals surface area contributed by atoms with Gasteiger partial charge >= 0.3 is 0 Å². The Morgan fingerprint density at radius 1 is 1.18 bits per heavy atom. The number of benzene rings is 1. The van der Waals surface area contributed by atoms with Crippen LogP contribution < -0.4 is 16.0 Å². The average Bonchev–Trinajstić information content (AvgIpc) is 2.52. The van der Waals surface area contributed by atoms with Crippen molar-refractivity contribution in [3.63, 3.8) is 0 Å². The van der Waals surface area contributed by atoms with Crippen LogP contribution in [0.4, 0.5) is 5.69 Å². The van der Waals surface area contributed by atoms with E-state index < -0.39 is 0 Å². The first-order chi connectivity index (χ1) is 10.7. The lowest BCUT2D eigenvalue weighted by molar-refractivity contribution is 0.766. The summed E-state index contributed by atoms with van der Waals surface area (Å²) in [4.78, 5) is 4.34. The third kappa shape index (κ3) is 5.00. The summed E-state index contributed by atoms with van der Waals surface area (Å²) in [6.45, 7) is 4.74. The number of pyridine rings is 1. The number of anilines is 1. The molecule has 22 heavy (non-hydrogen) atoms. The number of halogens is 1. The van der Waals surface area contributed by atoms with E-state index in [-0.39, 0.29) is 0 Å². The first-order valence-corrected chi connectivity index (χ1v) is 8.29. The normalized spacial score (nSPS) is 10.5. The first kappa shape index (κ1) is 16.8. The molecule has 0 aliphatic carbocycles. The SMILES string of the molecule is CCCNC(=S)NCCCNc1ccnc2cc(Cl)ccc12.